The third kappa shape index (κ3) is 3.83. The van der Waals surface area contributed by atoms with Gasteiger partial charge in [0.15, 0.2) is 0 Å². The molecule has 0 spiro atoms. The fraction of sp³-hybridized carbons (Fsp3) is 0.733. The number of aromatic nitrogens is 2. The van der Waals surface area contributed by atoms with Gasteiger partial charge in [-0.3, -0.25) is 0 Å². The Hall–Kier alpha value is -0.870. The maximum atomic E-state index is 6.24. The van der Waals surface area contributed by atoms with Crippen molar-refractivity contribution >= 4 is 17.4 Å². The van der Waals surface area contributed by atoms with Crippen molar-refractivity contribution < 1.29 is 4.74 Å². The molecule has 0 amide bonds. The summed E-state index contributed by atoms with van der Waals surface area (Å²) < 4.78 is 5.55. The summed E-state index contributed by atoms with van der Waals surface area (Å²) in [4.78, 5) is 9.06. The lowest BCUT2D eigenvalue weighted by Gasteiger charge is -2.24. The molecular formula is C15H24ClN3O. The first kappa shape index (κ1) is 15.5. The molecule has 0 bridgehead atoms. The molecule has 1 saturated carbocycles. The van der Waals surface area contributed by atoms with Crippen molar-refractivity contribution in [2.75, 3.05) is 18.5 Å². The summed E-state index contributed by atoms with van der Waals surface area (Å²) in [5, 5.41) is 4.04. The summed E-state index contributed by atoms with van der Waals surface area (Å²) in [6, 6.07) is 0.228. The molecule has 1 unspecified atom stereocenters. The smallest absolute Gasteiger partial charge is 0.137 e. The van der Waals surface area contributed by atoms with Gasteiger partial charge in [0.05, 0.1) is 12.6 Å². The van der Waals surface area contributed by atoms with E-state index in [1.807, 2.05) is 13.8 Å². The molecule has 1 N–H and O–H groups in total. The van der Waals surface area contributed by atoms with Crippen molar-refractivity contribution in [3.63, 3.8) is 0 Å². The zero-order valence-electron chi connectivity index (χ0n) is 12.7. The van der Waals surface area contributed by atoms with Crippen LogP contribution in [-0.2, 0) is 4.74 Å². The molecule has 1 aliphatic rings. The Morgan fingerprint density at radius 1 is 1.35 bits per heavy atom. The van der Waals surface area contributed by atoms with Crippen molar-refractivity contribution in [2.24, 2.45) is 5.92 Å². The topological polar surface area (TPSA) is 47.0 Å². The number of nitrogens with zero attached hydrogens (tertiary/aromatic N) is 2. The van der Waals surface area contributed by atoms with Gasteiger partial charge in [-0.15, -0.1) is 0 Å². The van der Waals surface area contributed by atoms with Crippen LogP contribution in [0, 0.1) is 12.8 Å². The summed E-state index contributed by atoms with van der Waals surface area (Å²) in [5.74, 6) is 2.68. The highest BCUT2D eigenvalue weighted by Gasteiger charge is 2.28. The zero-order chi connectivity index (χ0) is 14.7. The van der Waals surface area contributed by atoms with E-state index < -0.39 is 0 Å². The predicted octanol–water partition coefficient (Wildman–Crippen LogP) is 3.79. The first-order valence-electron chi connectivity index (χ1n) is 7.41. The highest BCUT2D eigenvalue weighted by atomic mass is 35.5. The minimum Gasteiger partial charge on any atom is -0.380 e. The van der Waals surface area contributed by atoms with Gasteiger partial charge in [0.1, 0.15) is 16.8 Å². The lowest BCUT2D eigenvalue weighted by molar-refractivity contribution is 0.126. The van der Waals surface area contributed by atoms with E-state index in [4.69, 9.17) is 16.3 Å². The van der Waals surface area contributed by atoms with Gasteiger partial charge in [-0.25, -0.2) is 9.97 Å². The Kier molecular flexibility index (Phi) is 5.22. The average molecular weight is 298 g/mol. The molecule has 0 saturated heterocycles. The fourth-order valence-corrected chi connectivity index (χ4v) is 2.17. The maximum absolute atomic E-state index is 6.24. The maximum Gasteiger partial charge on any atom is 0.137 e. The largest absolute Gasteiger partial charge is 0.380 e. The van der Waals surface area contributed by atoms with Gasteiger partial charge in [-0.1, -0.05) is 25.4 Å². The number of halogens is 1. The number of hydrogen-bond acceptors (Lipinski definition) is 4. The molecule has 4 nitrogen and oxygen atoms in total. The van der Waals surface area contributed by atoms with E-state index in [1.54, 1.807) is 0 Å². The number of rotatable bonds is 7. The minimum absolute atomic E-state index is 0.228. The van der Waals surface area contributed by atoms with Gasteiger partial charge in [-0.05, 0) is 32.6 Å². The molecule has 1 aromatic rings. The van der Waals surface area contributed by atoms with Crippen LogP contribution in [0.1, 0.15) is 50.9 Å². The van der Waals surface area contributed by atoms with Gasteiger partial charge < -0.3 is 10.1 Å². The number of hydrogen-bond donors (Lipinski definition) is 1. The Morgan fingerprint density at radius 3 is 2.60 bits per heavy atom. The van der Waals surface area contributed by atoms with Crippen molar-refractivity contribution in [2.45, 2.75) is 52.5 Å². The molecule has 1 aliphatic carbocycles. The predicted molar refractivity (Wildman–Crippen MR) is 82.5 cm³/mol. The second-order valence-electron chi connectivity index (χ2n) is 5.77. The van der Waals surface area contributed by atoms with Crippen LogP contribution < -0.4 is 5.32 Å². The van der Waals surface area contributed by atoms with E-state index in [2.05, 4.69) is 29.1 Å². The average Bonchev–Trinajstić information content (AvgIpc) is 3.23. The van der Waals surface area contributed by atoms with Crippen molar-refractivity contribution in [3.8, 4) is 0 Å². The van der Waals surface area contributed by atoms with E-state index >= 15 is 0 Å². The van der Waals surface area contributed by atoms with Gasteiger partial charge in [0, 0.05) is 18.1 Å². The van der Waals surface area contributed by atoms with Crippen LogP contribution in [0.2, 0.25) is 5.15 Å². The summed E-state index contributed by atoms with van der Waals surface area (Å²) in [6.45, 7) is 9.72. The molecule has 5 heteroatoms. The highest BCUT2D eigenvalue weighted by molar-refractivity contribution is 6.30. The summed E-state index contributed by atoms with van der Waals surface area (Å²) in [5.41, 5.74) is 0.915. The molecule has 0 radical (unpaired) electrons. The quantitative estimate of drug-likeness (QED) is 0.778. The molecule has 2 rings (SSSR count). The number of nitrogens with one attached hydrogen (secondary N) is 1. The van der Waals surface area contributed by atoms with Crippen LogP contribution in [0.4, 0.5) is 5.82 Å². The number of anilines is 1. The SMILES string of the molecule is CCOCC(Nc1nc(C2CC2)nc(Cl)c1C)C(C)C. The Balaban J connectivity index is 2.17. The van der Waals surface area contributed by atoms with Crippen LogP contribution in [0.5, 0.6) is 0 Å². The van der Waals surface area contributed by atoms with Crippen LogP contribution in [0.15, 0.2) is 0 Å². The summed E-state index contributed by atoms with van der Waals surface area (Å²) in [7, 11) is 0. The van der Waals surface area contributed by atoms with Crippen LogP contribution in [-0.4, -0.2) is 29.2 Å². The molecule has 0 aliphatic heterocycles. The molecular weight excluding hydrogens is 274 g/mol. The second-order valence-corrected chi connectivity index (χ2v) is 6.13. The highest BCUT2D eigenvalue weighted by Crippen LogP contribution is 2.39. The van der Waals surface area contributed by atoms with E-state index in [9.17, 15) is 0 Å². The normalized spacial score (nSPS) is 16.5. The second kappa shape index (κ2) is 6.72. The van der Waals surface area contributed by atoms with Crippen molar-refractivity contribution in [1.82, 2.24) is 9.97 Å². The zero-order valence-corrected chi connectivity index (χ0v) is 13.5. The Morgan fingerprint density at radius 2 is 2.05 bits per heavy atom. The molecule has 1 aromatic heterocycles. The standard InChI is InChI=1S/C15H24ClN3O/c1-5-20-8-12(9(2)3)17-14-10(4)13(16)18-15(19-14)11-6-7-11/h9,11-12H,5-8H2,1-4H3,(H,17,18,19). The molecule has 1 heterocycles. The molecule has 112 valence electrons. The van der Waals surface area contributed by atoms with E-state index in [0.29, 0.717) is 23.6 Å². The van der Waals surface area contributed by atoms with Gasteiger partial charge in [0.2, 0.25) is 0 Å². The van der Waals surface area contributed by atoms with Crippen LogP contribution in [0.3, 0.4) is 0 Å². The molecule has 20 heavy (non-hydrogen) atoms. The van der Waals surface area contributed by atoms with Crippen LogP contribution in [0.25, 0.3) is 0 Å². The lowest BCUT2D eigenvalue weighted by atomic mass is 10.1. The third-order valence-electron chi connectivity index (χ3n) is 3.67. The lowest BCUT2D eigenvalue weighted by Crippen LogP contribution is -2.32. The van der Waals surface area contributed by atoms with E-state index in [0.717, 1.165) is 23.8 Å². The first-order chi connectivity index (χ1) is 9.52. The fourth-order valence-electron chi connectivity index (χ4n) is 1.99. The van der Waals surface area contributed by atoms with E-state index in [1.165, 1.54) is 12.8 Å². The number of ether oxygens (including phenoxy) is 1. The summed E-state index contributed by atoms with van der Waals surface area (Å²) in [6.07, 6.45) is 2.34. The molecule has 0 aromatic carbocycles. The third-order valence-corrected chi connectivity index (χ3v) is 4.04. The van der Waals surface area contributed by atoms with Crippen LogP contribution >= 0.6 is 11.6 Å². The van der Waals surface area contributed by atoms with Gasteiger partial charge in [0.25, 0.3) is 0 Å². The van der Waals surface area contributed by atoms with Gasteiger partial charge in [-0.2, -0.15) is 0 Å². The van der Waals surface area contributed by atoms with Crippen molar-refractivity contribution in [1.29, 1.82) is 0 Å². The Labute approximate surface area is 126 Å². The minimum atomic E-state index is 0.228. The monoisotopic (exact) mass is 297 g/mol. The van der Waals surface area contributed by atoms with E-state index in [-0.39, 0.29) is 6.04 Å². The molecule has 1 fully saturated rings. The van der Waals surface area contributed by atoms with Crippen molar-refractivity contribution in [3.05, 3.63) is 16.5 Å². The first-order valence-corrected chi connectivity index (χ1v) is 7.79. The van der Waals surface area contributed by atoms with Gasteiger partial charge >= 0.3 is 0 Å². The molecule has 1 atom stereocenters. The summed E-state index contributed by atoms with van der Waals surface area (Å²) >= 11 is 6.24. The Bertz CT molecular complexity index is 461.